The fourth-order valence-corrected chi connectivity index (χ4v) is 2.57. The highest BCUT2D eigenvalue weighted by molar-refractivity contribution is 9.10. The van der Waals surface area contributed by atoms with Gasteiger partial charge in [-0.2, -0.15) is 13.2 Å². The van der Waals surface area contributed by atoms with Crippen LogP contribution in [0.4, 0.5) is 13.2 Å². The normalized spacial score (nSPS) is 13.2. The van der Waals surface area contributed by atoms with Gasteiger partial charge in [0.1, 0.15) is 0 Å². The highest BCUT2D eigenvalue weighted by Crippen LogP contribution is 2.36. The van der Waals surface area contributed by atoms with Gasteiger partial charge in [0.05, 0.1) is 5.56 Å². The summed E-state index contributed by atoms with van der Waals surface area (Å²) >= 11 is 8.84. The molecule has 0 aliphatic rings. The van der Waals surface area contributed by atoms with Gasteiger partial charge in [0.2, 0.25) is 0 Å². The Balaban J connectivity index is 2.30. The first kappa shape index (κ1) is 16.3. The van der Waals surface area contributed by atoms with E-state index in [1.54, 1.807) is 30.3 Å². The molecule has 2 aromatic carbocycles. The zero-order valence-corrected chi connectivity index (χ0v) is 13.1. The molecule has 1 nitrogen and oxygen atoms in total. The van der Waals surface area contributed by atoms with Crippen LogP contribution in [0.25, 0.3) is 0 Å². The van der Waals surface area contributed by atoms with E-state index in [2.05, 4.69) is 15.9 Å². The van der Waals surface area contributed by atoms with E-state index in [-0.39, 0.29) is 5.56 Å². The highest BCUT2D eigenvalue weighted by Gasteiger charge is 2.34. The number of benzene rings is 2. The highest BCUT2D eigenvalue weighted by atomic mass is 79.9. The third-order valence-corrected chi connectivity index (χ3v) is 3.83. The van der Waals surface area contributed by atoms with E-state index in [1.165, 1.54) is 6.07 Å². The van der Waals surface area contributed by atoms with Gasteiger partial charge in [-0.25, -0.2) is 0 Å². The molecule has 0 aliphatic carbocycles. The minimum Gasteiger partial charge on any atom is -0.324 e. The summed E-state index contributed by atoms with van der Waals surface area (Å²) in [6.45, 7) is 0. The summed E-state index contributed by atoms with van der Waals surface area (Å²) in [5, 5.41) is 0.576. The first-order valence-corrected chi connectivity index (χ1v) is 7.31. The van der Waals surface area contributed by atoms with E-state index in [1.807, 2.05) is 0 Å². The molecule has 0 fully saturated rings. The molecule has 0 radical (unpaired) electrons. The second-order valence-corrected chi connectivity index (χ2v) is 6.02. The fourth-order valence-electron chi connectivity index (χ4n) is 2.08. The zero-order chi connectivity index (χ0) is 15.6. The third-order valence-electron chi connectivity index (χ3n) is 3.09. The Morgan fingerprint density at radius 3 is 2.29 bits per heavy atom. The molecule has 1 atom stereocenters. The van der Waals surface area contributed by atoms with E-state index < -0.39 is 17.8 Å². The number of hydrogen-bond donors (Lipinski definition) is 1. The Morgan fingerprint density at radius 1 is 1.10 bits per heavy atom. The lowest BCUT2D eigenvalue weighted by Crippen LogP contribution is -2.19. The number of hydrogen-bond acceptors (Lipinski definition) is 1. The number of alkyl halides is 3. The average Bonchev–Trinajstić information content (AvgIpc) is 2.40. The van der Waals surface area contributed by atoms with Crippen molar-refractivity contribution in [1.29, 1.82) is 0 Å². The van der Waals surface area contributed by atoms with Crippen molar-refractivity contribution >= 4 is 27.5 Å². The molecule has 0 bridgehead atoms. The topological polar surface area (TPSA) is 26.0 Å². The largest absolute Gasteiger partial charge is 0.416 e. The zero-order valence-electron chi connectivity index (χ0n) is 10.8. The number of halogens is 5. The van der Waals surface area contributed by atoms with Gasteiger partial charge in [-0.1, -0.05) is 45.7 Å². The molecule has 2 aromatic rings. The third kappa shape index (κ3) is 4.22. The molecule has 0 aliphatic heterocycles. The van der Waals surface area contributed by atoms with Crippen LogP contribution in [0.1, 0.15) is 22.7 Å². The summed E-state index contributed by atoms with van der Waals surface area (Å²) < 4.78 is 39.6. The smallest absolute Gasteiger partial charge is 0.324 e. The lowest BCUT2D eigenvalue weighted by atomic mass is 9.95. The van der Waals surface area contributed by atoms with Gasteiger partial charge in [-0.05, 0) is 41.8 Å². The van der Waals surface area contributed by atoms with Crippen LogP contribution >= 0.6 is 27.5 Å². The van der Waals surface area contributed by atoms with Crippen molar-refractivity contribution in [3.63, 3.8) is 0 Å². The molecule has 0 aromatic heterocycles. The Labute approximate surface area is 134 Å². The van der Waals surface area contributed by atoms with E-state index in [0.29, 0.717) is 15.9 Å². The molecular weight excluding hydrogens is 367 g/mol. The predicted molar refractivity (Wildman–Crippen MR) is 81.2 cm³/mol. The minimum atomic E-state index is -4.43. The quantitative estimate of drug-likeness (QED) is 0.764. The second-order valence-electron chi connectivity index (χ2n) is 4.67. The van der Waals surface area contributed by atoms with Crippen LogP contribution in [0.5, 0.6) is 0 Å². The second kappa shape index (κ2) is 6.38. The molecule has 0 spiro atoms. The molecule has 6 heteroatoms. The van der Waals surface area contributed by atoms with Gasteiger partial charge in [0.25, 0.3) is 0 Å². The Morgan fingerprint density at radius 2 is 1.71 bits per heavy atom. The molecule has 0 saturated heterocycles. The van der Waals surface area contributed by atoms with Crippen LogP contribution in [0, 0.1) is 0 Å². The van der Waals surface area contributed by atoms with E-state index in [4.69, 9.17) is 17.3 Å². The molecule has 0 amide bonds. The van der Waals surface area contributed by atoms with Crippen LogP contribution < -0.4 is 5.73 Å². The van der Waals surface area contributed by atoms with Crippen molar-refractivity contribution in [2.75, 3.05) is 0 Å². The van der Waals surface area contributed by atoms with E-state index >= 15 is 0 Å². The van der Waals surface area contributed by atoms with Crippen LogP contribution in [0.2, 0.25) is 5.02 Å². The summed E-state index contributed by atoms with van der Waals surface area (Å²) in [7, 11) is 0. The van der Waals surface area contributed by atoms with Crippen molar-refractivity contribution in [2.45, 2.75) is 18.6 Å². The summed E-state index contributed by atoms with van der Waals surface area (Å²) in [6, 6.07) is 10.2. The maximum Gasteiger partial charge on any atom is 0.416 e. The number of rotatable bonds is 3. The Bertz CT molecular complexity index is 626. The van der Waals surface area contributed by atoms with Crippen LogP contribution in [-0.2, 0) is 12.6 Å². The van der Waals surface area contributed by atoms with Gasteiger partial charge < -0.3 is 5.73 Å². The molecule has 0 saturated carbocycles. The SMILES string of the molecule is NC(Cc1ccc(Cl)cc1)c1ccc(Br)cc1C(F)(F)F. The molecule has 0 heterocycles. The summed E-state index contributed by atoms with van der Waals surface area (Å²) in [4.78, 5) is 0. The van der Waals surface area contributed by atoms with Gasteiger partial charge in [0.15, 0.2) is 0 Å². The molecule has 112 valence electrons. The van der Waals surface area contributed by atoms with Crippen molar-refractivity contribution in [1.82, 2.24) is 0 Å². The first-order valence-electron chi connectivity index (χ1n) is 6.14. The maximum absolute atomic E-state index is 13.1. The fraction of sp³-hybridized carbons (Fsp3) is 0.200. The lowest BCUT2D eigenvalue weighted by Gasteiger charge is -2.19. The first-order chi connectivity index (χ1) is 9.77. The van der Waals surface area contributed by atoms with E-state index in [9.17, 15) is 13.2 Å². The van der Waals surface area contributed by atoms with Crippen molar-refractivity contribution < 1.29 is 13.2 Å². The monoisotopic (exact) mass is 377 g/mol. The Hall–Kier alpha value is -1.04. The Kier molecular flexibility index (Phi) is 4.96. The molecule has 21 heavy (non-hydrogen) atoms. The van der Waals surface area contributed by atoms with Crippen molar-refractivity contribution in [3.8, 4) is 0 Å². The van der Waals surface area contributed by atoms with Crippen LogP contribution in [-0.4, -0.2) is 0 Å². The molecule has 2 N–H and O–H groups in total. The number of nitrogens with two attached hydrogens (primary N) is 1. The molecule has 2 rings (SSSR count). The predicted octanol–water partition coefficient (Wildman–Crippen LogP) is 5.36. The summed E-state index contributed by atoms with van der Waals surface area (Å²) in [6.07, 6.45) is -4.13. The van der Waals surface area contributed by atoms with Crippen molar-refractivity contribution in [3.05, 3.63) is 68.7 Å². The van der Waals surface area contributed by atoms with Gasteiger partial charge in [-0.3, -0.25) is 0 Å². The van der Waals surface area contributed by atoms with Crippen molar-refractivity contribution in [2.24, 2.45) is 5.73 Å². The summed E-state index contributed by atoms with van der Waals surface area (Å²) in [5.41, 5.74) is 6.17. The van der Waals surface area contributed by atoms with Gasteiger partial charge >= 0.3 is 6.18 Å². The van der Waals surface area contributed by atoms with Crippen LogP contribution in [0.15, 0.2) is 46.9 Å². The van der Waals surface area contributed by atoms with Gasteiger partial charge in [-0.15, -0.1) is 0 Å². The lowest BCUT2D eigenvalue weighted by molar-refractivity contribution is -0.138. The van der Waals surface area contributed by atoms with Gasteiger partial charge in [0, 0.05) is 15.5 Å². The molecular formula is C15H12BrClF3N. The average molecular weight is 379 g/mol. The summed E-state index contributed by atoms with van der Waals surface area (Å²) in [5.74, 6) is 0. The minimum absolute atomic E-state index is 0.0839. The van der Waals surface area contributed by atoms with E-state index in [0.717, 1.165) is 11.6 Å². The standard InChI is InChI=1S/C15H12BrClF3N/c16-10-3-6-12(13(8-10)15(18,19)20)14(21)7-9-1-4-11(17)5-2-9/h1-6,8,14H,7,21H2. The molecule has 1 unspecified atom stereocenters. The maximum atomic E-state index is 13.1. The van der Waals surface area contributed by atoms with Crippen LogP contribution in [0.3, 0.4) is 0 Å².